The molecule has 0 spiro atoms. The van der Waals surface area contributed by atoms with Crippen LogP contribution in [0.3, 0.4) is 0 Å². The number of rotatable bonds is 10. The zero-order valence-electron chi connectivity index (χ0n) is 34.6. The van der Waals surface area contributed by atoms with Gasteiger partial charge in [-0.2, -0.15) is 0 Å². The summed E-state index contributed by atoms with van der Waals surface area (Å²) in [6, 6.07) is 23.3. The first-order valence-corrected chi connectivity index (χ1v) is 20.9. The molecule has 3 aromatic heterocycles. The minimum Gasteiger partial charge on any atom is -0.469 e. The van der Waals surface area contributed by atoms with Crippen LogP contribution in [0.1, 0.15) is 74.4 Å². The number of hydrogen-bond acceptors (Lipinski definition) is 9. The molecular weight excluding hydrogens is 773 g/mol. The number of alkyl carbamates (subject to hydrolysis) is 1. The number of para-hydroxylation sites is 1. The lowest BCUT2D eigenvalue weighted by Crippen LogP contribution is -2.51. The fourth-order valence-electron chi connectivity index (χ4n) is 9.16. The van der Waals surface area contributed by atoms with Crippen LogP contribution in [0, 0.1) is 11.8 Å². The van der Waals surface area contributed by atoms with Crippen molar-refractivity contribution in [3.05, 3.63) is 108 Å². The van der Waals surface area contributed by atoms with Crippen molar-refractivity contribution in [1.82, 2.24) is 35.1 Å². The van der Waals surface area contributed by atoms with Gasteiger partial charge in [0.25, 0.3) is 0 Å². The van der Waals surface area contributed by atoms with Crippen LogP contribution in [0.2, 0.25) is 0 Å². The summed E-state index contributed by atoms with van der Waals surface area (Å²) in [7, 11) is 2.65. The van der Waals surface area contributed by atoms with Crippen LogP contribution in [0.15, 0.2) is 85.2 Å². The molecule has 0 bridgehead atoms. The number of ether oxygens (including phenoxy) is 2. The third-order valence-corrected chi connectivity index (χ3v) is 12.4. The van der Waals surface area contributed by atoms with E-state index in [1.165, 1.54) is 14.2 Å². The van der Waals surface area contributed by atoms with E-state index in [-0.39, 0.29) is 42.2 Å². The fraction of sp³-hybridized carbons (Fsp3) is 0.340. The van der Waals surface area contributed by atoms with Gasteiger partial charge in [0.15, 0.2) is 0 Å². The first-order chi connectivity index (χ1) is 29.6. The van der Waals surface area contributed by atoms with Gasteiger partial charge in [-0.25, -0.2) is 19.7 Å². The van der Waals surface area contributed by atoms with E-state index in [9.17, 15) is 19.2 Å². The summed E-state index contributed by atoms with van der Waals surface area (Å²) >= 11 is 0. The third-order valence-electron chi connectivity index (χ3n) is 12.4. The van der Waals surface area contributed by atoms with Gasteiger partial charge in [0.2, 0.25) is 11.8 Å². The number of hydrogen-bond donors (Lipinski definition) is 3. The number of H-pyrrole nitrogens is 2. The minimum absolute atomic E-state index is 0.0563. The zero-order chi connectivity index (χ0) is 42.4. The van der Waals surface area contributed by atoms with Crippen LogP contribution in [0.5, 0.6) is 0 Å². The van der Waals surface area contributed by atoms with E-state index in [0.717, 1.165) is 80.8 Å². The average Bonchev–Trinajstić information content (AvgIpc) is 4.11. The third kappa shape index (κ3) is 7.51. The van der Waals surface area contributed by atoms with Crippen molar-refractivity contribution >= 4 is 40.5 Å². The van der Waals surface area contributed by atoms with Crippen LogP contribution >= 0.6 is 0 Å². The predicted molar refractivity (Wildman–Crippen MR) is 229 cm³/mol. The Bertz CT molecular complexity index is 2650. The van der Waals surface area contributed by atoms with Crippen molar-refractivity contribution in [3.8, 4) is 33.8 Å². The Hall–Kier alpha value is -6.83. The first-order valence-electron chi connectivity index (χ1n) is 20.9. The van der Waals surface area contributed by atoms with E-state index in [4.69, 9.17) is 19.4 Å². The Morgan fingerprint density at radius 3 is 2.28 bits per heavy atom. The average molecular weight is 821 g/mol. The molecule has 4 atom stereocenters. The normalized spacial score (nSPS) is 18.9. The molecule has 0 radical (unpaired) electrons. The molecule has 0 aliphatic carbocycles. The highest BCUT2D eigenvalue weighted by atomic mass is 16.5. The SMILES string of the molecule is COC(=O)C[C@H]1CCc2cccc3c2N(C1=O)[C@H](c1ncc(-c2ccc4nc(-c5ccc(-c6cnc([C@@H]7CCCN7C(=O)[C@@H](NC(=O)OC)C(C)C)[nH]6)cc5)ccc4c2)[nH]1)C3. The molecule has 3 aliphatic heterocycles. The molecule has 1 fully saturated rings. The zero-order valence-corrected chi connectivity index (χ0v) is 34.6. The van der Waals surface area contributed by atoms with Crippen LogP contribution in [-0.2, 0) is 36.7 Å². The molecule has 0 saturated carbocycles. The predicted octanol–water partition coefficient (Wildman–Crippen LogP) is 7.48. The molecule has 14 heteroatoms. The molecule has 9 rings (SSSR count). The number of aromatic amines is 2. The second-order valence-electron chi connectivity index (χ2n) is 16.5. The summed E-state index contributed by atoms with van der Waals surface area (Å²) < 4.78 is 9.70. The summed E-state index contributed by atoms with van der Waals surface area (Å²) in [4.78, 5) is 77.0. The topological polar surface area (TPSA) is 175 Å². The molecule has 6 aromatic rings. The maximum absolute atomic E-state index is 14.0. The molecule has 3 amide bonds. The highest BCUT2D eigenvalue weighted by molar-refractivity contribution is 6.01. The largest absolute Gasteiger partial charge is 0.469 e. The van der Waals surface area contributed by atoms with Gasteiger partial charge in [0.1, 0.15) is 17.7 Å². The van der Waals surface area contributed by atoms with Gasteiger partial charge in [0, 0.05) is 35.4 Å². The van der Waals surface area contributed by atoms with Crippen molar-refractivity contribution in [2.24, 2.45) is 11.8 Å². The van der Waals surface area contributed by atoms with Gasteiger partial charge in [0.05, 0.1) is 73.4 Å². The highest BCUT2D eigenvalue weighted by Gasteiger charge is 2.43. The Balaban J connectivity index is 0.897. The lowest BCUT2D eigenvalue weighted by molar-refractivity contribution is -0.144. The number of benzene rings is 3. The second kappa shape index (κ2) is 16.3. The quantitative estimate of drug-likeness (QED) is 0.118. The molecular formula is C47H48N8O6. The van der Waals surface area contributed by atoms with Crippen molar-refractivity contribution in [2.45, 2.75) is 70.5 Å². The van der Waals surface area contributed by atoms with E-state index >= 15 is 0 Å². The Kier molecular flexibility index (Phi) is 10.6. The van der Waals surface area contributed by atoms with Gasteiger partial charge in [-0.15, -0.1) is 0 Å². The molecule has 3 aromatic carbocycles. The summed E-state index contributed by atoms with van der Waals surface area (Å²) in [5, 5.41) is 3.68. The number of aromatic nitrogens is 5. The molecule has 312 valence electrons. The maximum Gasteiger partial charge on any atom is 0.407 e. The summed E-state index contributed by atoms with van der Waals surface area (Å²) in [5.74, 6) is 0.258. The van der Waals surface area contributed by atoms with Crippen LogP contribution < -0.4 is 10.2 Å². The van der Waals surface area contributed by atoms with E-state index in [2.05, 4.69) is 44.5 Å². The van der Waals surface area contributed by atoms with E-state index in [1.807, 2.05) is 73.5 Å². The lowest BCUT2D eigenvalue weighted by atomic mass is 9.95. The number of esters is 1. The number of aryl methyl sites for hydroxylation is 1. The molecule has 6 heterocycles. The molecule has 0 unspecified atom stereocenters. The number of carbonyl (C=O) groups is 4. The number of pyridine rings is 1. The molecule has 3 aliphatic rings. The van der Waals surface area contributed by atoms with Crippen LogP contribution in [0.25, 0.3) is 44.7 Å². The number of anilines is 1. The molecule has 1 saturated heterocycles. The Labute approximate surface area is 353 Å². The lowest BCUT2D eigenvalue weighted by Gasteiger charge is -2.30. The standard InChI is InChI=1S/C47H48N8O6/c1-26(2)41(53-47(59)61-4)46(58)54-20-6-9-38(54)43-48-24-36(51-43)28-12-10-27(11-13-28)34-18-16-30-21-31(17-19-35(30)50-34)37-25-49-44(52-37)39-22-32-8-5-7-29-14-15-33(23-40(56)60-3)45(57)55(39)42(29)32/h5,7-8,10-13,16-19,21,24-26,33,38-39,41H,6,9,14-15,20,22-23H2,1-4H3,(H,48,51)(H,49,52)(H,53,59)/t33-,38+,39+,41+/m1/s1. The van der Waals surface area contributed by atoms with E-state index in [1.54, 1.807) is 11.1 Å². The first kappa shape index (κ1) is 39.6. The van der Waals surface area contributed by atoms with Gasteiger partial charge in [-0.1, -0.05) is 68.4 Å². The number of carbonyl (C=O) groups excluding carboxylic acids is 4. The number of fused-ring (bicyclic) bond motifs is 1. The van der Waals surface area contributed by atoms with Gasteiger partial charge in [-0.3, -0.25) is 14.4 Å². The fourth-order valence-corrected chi connectivity index (χ4v) is 9.16. The minimum atomic E-state index is -0.694. The summed E-state index contributed by atoms with van der Waals surface area (Å²) in [6.07, 6.45) is 6.61. The van der Waals surface area contributed by atoms with Gasteiger partial charge >= 0.3 is 12.1 Å². The Morgan fingerprint density at radius 2 is 1.54 bits per heavy atom. The number of nitrogens with zero attached hydrogens (tertiary/aromatic N) is 5. The van der Waals surface area contributed by atoms with E-state index < -0.39 is 18.1 Å². The molecule has 61 heavy (non-hydrogen) atoms. The highest BCUT2D eigenvalue weighted by Crippen LogP contribution is 2.46. The number of likely N-dealkylation sites (tertiary alicyclic amines) is 1. The number of methoxy groups -OCH3 is 2. The van der Waals surface area contributed by atoms with Gasteiger partial charge < -0.3 is 34.6 Å². The summed E-state index contributed by atoms with van der Waals surface area (Å²) in [5.41, 5.74) is 9.44. The van der Waals surface area contributed by atoms with Crippen molar-refractivity contribution < 1.29 is 28.7 Å². The number of nitrogens with one attached hydrogen (secondary N) is 3. The molecule has 14 nitrogen and oxygen atoms in total. The van der Waals surface area contributed by atoms with Crippen LogP contribution in [0.4, 0.5) is 10.5 Å². The van der Waals surface area contributed by atoms with Crippen LogP contribution in [-0.4, -0.2) is 80.5 Å². The molecule has 3 N–H and O–H groups in total. The smallest absolute Gasteiger partial charge is 0.407 e. The van der Waals surface area contributed by atoms with Crippen molar-refractivity contribution in [2.75, 3.05) is 25.7 Å². The Morgan fingerprint density at radius 1 is 0.836 bits per heavy atom. The maximum atomic E-state index is 14.0. The van der Waals surface area contributed by atoms with Gasteiger partial charge in [-0.05, 0) is 66.5 Å². The van der Waals surface area contributed by atoms with Crippen molar-refractivity contribution in [3.63, 3.8) is 0 Å². The number of imidazole rings is 2. The summed E-state index contributed by atoms with van der Waals surface area (Å²) in [6.45, 7) is 4.39. The number of amides is 3. The van der Waals surface area contributed by atoms with Crippen molar-refractivity contribution in [1.29, 1.82) is 0 Å². The second-order valence-corrected chi connectivity index (χ2v) is 16.5. The monoisotopic (exact) mass is 820 g/mol. The van der Waals surface area contributed by atoms with E-state index in [0.29, 0.717) is 31.0 Å².